The molecule has 25 nitrogen and oxygen atoms in total. The summed E-state index contributed by atoms with van der Waals surface area (Å²) in [5.41, 5.74) is 20.3. The first-order valence-corrected chi connectivity index (χ1v) is 31.2. The summed E-state index contributed by atoms with van der Waals surface area (Å²) in [6.45, 7) is 1.52. The van der Waals surface area contributed by atoms with Gasteiger partial charge in [-0.3, -0.25) is 38.4 Å². The number of hydrogen-bond donors (Lipinski definition) is 14. The van der Waals surface area contributed by atoms with Crippen LogP contribution in [0.1, 0.15) is 54.9 Å². The quantitative estimate of drug-likeness (QED) is 0.0285. The number of amides is 10. The monoisotopic (exact) mass is 1280 g/mol. The van der Waals surface area contributed by atoms with Gasteiger partial charge in [-0.25, -0.2) is 9.79 Å². The van der Waals surface area contributed by atoms with Crippen LogP contribution in [0.25, 0.3) is 0 Å². The average molecular weight is 1280 g/mol. The van der Waals surface area contributed by atoms with Crippen molar-refractivity contribution in [3.05, 3.63) is 149 Å². The number of unbranched alkanes of at least 4 members (excludes halogenated alkanes) is 2. The number of nitrogens with one attached hydrogen (secondary N) is 8. The number of aromatic hydroxyl groups is 2. The van der Waals surface area contributed by atoms with Gasteiger partial charge in [0.2, 0.25) is 35.4 Å². The highest BCUT2D eigenvalue weighted by molar-refractivity contribution is 8.76. The van der Waals surface area contributed by atoms with Crippen molar-refractivity contribution in [2.75, 3.05) is 35.8 Å². The highest BCUT2D eigenvalue weighted by atomic mass is 35.5. The van der Waals surface area contributed by atoms with Crippen molar-refractivity contribution < 1.29 is 63.2 Å². The van der Waals surface area contributed by atoms with Crippen LogP contribution in [-0.2, 0) is 64.0 Å². The smallest absolute Gasteiger partial charge is 0.323 e. The minimum absolute atomic E-state index is 0.0141. The Kier molecular flexibility index (Phi) is 27.1. The lowest BCUT2D eigenvalue weighted by molar-refractivity contribution is -0.136. The molecular formula is C61H73ClN12O13S2. The molecule has 0 unspecified atom stereocenters. The molecule has 28 heteroatoms. The van der Waals surface area contributed by atoms with Crippen molar-refractivity contribution in [3.63, 3.8) is 0 Å². The van der Waals surface area contributed by atoms with E-state index in [-0.39, 0.29) is 55.1 Å². The zero-order chi connectivity index (χ0) is 64.6. The Morgan fingerprint density at radius 1 is 0.652 bits per heavy atom. The van der Waals surface area contributed by atoms with Crippen LogP contribution >= 0.6 is 33.2 Å². The summed E-state index contributed by atoms with van der Waals surface area (Å²) in [6.07, 6.45) is -1.05. The van der Waals surface area contributed by atoms with E-state index in [9.17, 15) is 58.5 Å². The third-order valence-corrected chi connectivity index (χ3v) is 16.6. The molecule has 1 heterocycles. The molecule has 474 valence electrons. The number of rotatable bonds is 21. The van der Waals surface area contributed by atoms with Crippen LogP contribution < -0.4 is 64.5 Å². The van der Waals surface area contributed by atoms with E-state index in [1.165, 1.54) is 62.6 Å². The number of primary amides is 1. The van der Waals surface area contributed by atoms with Crippen molar-refractivity contribution in [2.24, 2.45) is 22.2 Å². The van der Waals surface area contributed by atoms with E-state index in [0.29, 0.717) is 70.2 Å². The molecule has 10 amide bonds. The summed E-state index contributed by atoms with van der Waals surface area (Å²) in [6, 6.07) is 19.8. The molecule has 0 radical (unpaired) electrons. The van der Waals surface area contributed by atoms with Gasteiger partial charge >= 0.3 is 6.03 Å². The van der Waals surface area contributed by atoms with Gasteiger partial charge in [0.05, 0.1) is 19.3 Å². The van der Waals surface area contributed by atoms with Gasteiger partial charge in [0.1, 0.15) is 59.2 Å². The van der Waals surface area contributed by atoms with Gasteiger partial charge in [-0.2, -0.15) is 0 Å². The predicted octanol–water partition coefficient (Wildman–Crippen LogP) is 2.66. The first-order valence-electron chi connectivity index (χ1n) is 28.3. The van der Waals surface area contributed by atoms with Crippen molar-refractivity contribution in [3.8, 4) is 17.2 Å². The summed E-state index contributed by atoms with van der Waals surface area (Å²) in [5, 5.41) is 53.0. The number of aliphatic hydroxyl groups is 1. The first-order chi connectivity index (χ1) is 42.6. The van der Waals surface area contributed by atoms with Gasteiger partial charge in [0.25, 0.3) is 11.8 Å². The van der Waals surface area contributed by atoms with Gasteiger partial charge in [-0.1, -0.05) is 94.6 Å². The average Bonchev–Trinajstić information content (AvgIpc) is 3.05. The molecule has 1 fully saturated rings. The molecular weight excluding hydrogens is 1210 g/mol. The zero-order valence-corrected chi connectivity index (χ0v) is 51.1. The molecule has 6 rings (SSSR count). The van der Waals surface area contributed by atoms with Crippen LogP contribution in [0.5, 0.6) is 17.2 Å². The molecule has 1 aliphatic heterocycles. The third kappa shape index (κ3) is 22.7. The fraction of sp³-hybridized carbons (Fsp3) is 0.344. The summed E-state index contributed by atoms with van der Waals surface area (Å²) in [5.74, 6) is -7.92. The largest absolute Gasteiger partial charge is 0.508 e. The number of anilines is 2. The molecule has 8 atom stereocenters. The maximum Gasteiger partial charge on any atom is 0.323 e. The molecule has 1 aliphatic rings. The number of nitrogens with zero attached hydrogens (tertiary/aromatic N) is 1. The summed E-state index contributed by atoms with van der Waals surface area (Å²) in [4.78, 5) is 132. The highest BCUT2D eigenvalue weighted by Gasteiger charge is 2.36. The fourth-order valence-corrected chi connectivity index (χ4v) is 11.4. The molecule has 17 N–H and O–H groups in total. The minimum Gasteiger partial charge on any atom is -0.508 e. The lowest BCUT2D eigenvalue weighted by Crippen LogP contribution is -2.61. The predicted molar refractivity (Wildman–Crippen MR) is 340 cm³/mol. The second-order valence-corrected chi connectivity index (χ2v) is 23.8. The van der Waals surface area contributed by atoms with Gasteiger partial charge in [-0.15, -0.1) is 0 Å². The lowest BCUT2D eigenvalue weighted by atomic mass is 10.0. The number of phenols is 2. The highest BCUT2D eigenvalue weighted by Crippen LogP contribution is 2.25. The maximum absolute atomic E-state index is 15.0. The van der Waals surface area contributed by atoms with E-state index in [1.807, 2.05) is 0 Å². The standard InChI is InChI=1S/C61H73ClN12O13S2/c1-34(75)52-60(85)73-51(58(83)69-47(53(65)78)29-37-11-21-42(76)22-12-37)33-89-88-32-50(72-54(79)45(64)28-35-7-15-39(62)16-8-35)59(84)71-49(31-38-13-23-43(77)24-14-38)57(82)70-48(56(81)68-46(55(80)74-52)6-4-3-5-27-63)30-36-9-17-40(18-10-36)66-61(86)67-41-19-25-44(87-2)26-20-41/h7-26,34,45-46,48-52,75-77H,3-6,27-33,63-64H2,1-2H3,(H2,65,78)(H,68,81)(H,70,82)(H,71,84)(H,72,79)(H,73,85)(H,74,80)(H2,66,67,86)/b69-47+/t34-,45+,46+,48-,49+,50-,51+,52+/m1/s1. The number of nitrogens with two attached hydrogens (primary N) is 3. The number of halogens is 1. The number of carbonyl (C=O) groups is 9. The number of ether oxygens (including phenoxy) is 1. The Hall–Kier alpha value is -8.73. The SMILES string of the molecule is COc1ccc(NC(=O)Nc2ccc(C[C@H]3NC(=O)[C@H](Cc4ccc(O)cc4)NC(=O)[C@H](NC(=O)[C@@H](N)Cc4ccc(Cl)cc4)CSSC[C@@H](C(=O)/N=C(\Cc4ccc(O)cc4)C(N)=O)NC(=O)[C@H]([C@@H](C)O)NC(=O)[C@H](CCCCCN)NC3=O)cc2)cc1. The molecule has 0 spiro atoms. The number of methoxy groups -OCH3 is 1. The molecule has 5 aromatic rings. The fourth-order valence-electron chi connectivity index (χ4n) is 8.93. The van der Waals surface area contributed by atoms with E-state index < -0.39 is 107 Å². The van der Waals surface area contributed by atoms with Crippen LogP contribution in [-0.4, -0.2) is 148 Å². The van der Waals surface area contributed by atoms with Crippen LogP contribution in [0.15, 0.2) is 126 Å². The summed E-state index contributed by atoms with van der Waals surface area (Å²) >= 11 is 6.10. The van der Waals surface area contributed by atoms with Crippen molar-refractivity contribution in [1.29, 1.82) is 0 Å². The second-order valence-electron chi connectivity index (χ2n) is 20.9. The van der Waals surface area contributed by atoms with E-state index in [0.717, 1.165) is 21.6 Å². The van der Waals surface area contributed by atoms with Gasteiger partial charge in [-0.05, 0) is 128 Å². The first kappa shape index (κ1) is 69.4. The van der Waals surface area contributed by atoms with Crippen LogP contribution in [0, 0.1) is 0 Å². The van der Waals surface area contributed by atoms with Crippen molar-refractivity contribution >= 4 is 104 Å². The third-order valence-electron chi connectivity index (χ3n) is 13.9. The topological polar surface area (TPSA) is 410 Å². The van der Waals surface area contributed by atoms with E-state index in [4.69, 9.17) is 33.5 Å². The molecule has 0 aromatic heterocycles. The van der Waals surface area contributed by atoms with Crippen LogP contribution in [0.2, 0.25) is 5.02 Å². The Morgan fingerprint density at radius 2 is 1.16 bits per heavy atom. The number of aliphatic imine (C=N–C) groups is 1. The normalized spacial score (nSPS) is 19.8. The Morgan fingerprint density at radius 3 is 1.71 bits per heavy atom. The maximum atomic E-state index is 15.0. The van der Waals surface area contributed by atoms with Gasteiger partial charge in [0.15, 0.2) is 0 Å². The Bertz CT molecular complexity index is 3270. The van der Waals surface area contributed by atoms with E-state index in [1.54, 1.807) is 72.8 Å². The molecule has 0 aliphatic carbocycles. The number of hydrogen-bond acceptors (Lipinski definition) is 17. The Labute approximate surface area is 526 Å². The van der Waals surface area contributed by atoms with Crippen LogP contribution in [0.3, 0.4) is 0 Å². The molecule has 1 saturated heterocycles. The number of aliphatic hydroxyl groups excluding tert-OH is 1. The molecule has 89 heavy (non-hydrogen) atoms. The van der Waals surface area contributed by atoms with E-state index in [2.05, 4.69) is 47.5 Å². The second kappa shape index (κ2) is 34.7. The number of urea groups is 1. The summed E-state index contributed by atoms with van der Waals surface area (Å²) in [7, 11) is 3.37. The Balaban J connectivity index is 1.39. The number of phenolic OH excluding ortho intramolecular Hbond substituents is 2. The van der Waals surface area contributed by atoms with Gasteiger partial charge < -0.3 is 79.8 Å². The summed E-state index contributed by atoms with van der Waals surface area (Å²) < 4.78 is 5.19. The number of carbonyl (C=O) groups excluding carboxylic acids is 9. The molecule has 5 aromatic carbocycles. The zero-order valence-electron chi connectivity index (χ0n) is 48.7. The van der Waals surface area contributed by atoms with E-state index >= 15 is 0 Å². The van der Waals surface area contributed by atoms with Crippen molar-refractivity contribution in [1.82, 2.24) is 31.9 Å². The van der Waals surface area contributed by atoms with Gasteiger partial charge in [0, 0.05) is 47.2 Å². The lowest BCUT2D eigenvalue weighted by Gasteiger charge is -2.29. The number of benzene rings is 5. The minimum atomic E-state index is -1.79. The van der Waals surface area contributed by atoms with Crippen LogP contribution in [0.4, 0.5) is 16.2 Å². The van der Waals surface area contributed by atoms with Crippen molar-refractivity contribution in [2.45, 2.75) is 107 Å². The molecule has 0 saturated carbocycles. The molecule has 0 bridgehead atoms.